The van der Waals surface area contributed by atoms with Crippen LogP contribution in [0.4, 0.5) is 0 Å². The lowest BCUT2D eigenvalue weighted by molar-refractivity contribution is -0.0371. The summed E-state index contributed by atoms with van der Waals surface area (Å²) in [4.78, 5) is 14.2. The zero-order valence-electron chi connectivity index (χ0n) is 10.4. The summed E-state index contributed by atoms with van der Waals surface area (Å²) in [7, 11) is 0. The summed E-state index contributed by atoms with van der Waals surface area (Å²) >= 11 is 5.86. The van der Waals surface area contributed by atoms with Crippen LogP contribution in [0.2, 0.25) is 5.02 Å². The van der Waals surface area contributed by atoms with Crippen molar-refractivity contribution in [1.82, 2.24) is 4.90 Å². The van der Waals surface area contributed by atoms with Crippen LogP contribution in [-0.4, -0.2) is 41.2 Å². The molecule has 1 aromatic carbocycles. The molecule has 1 aromatic rings. The standard InChI is InChI=1S/C13H16ClNO3/c1-13(2)8-18-6-5-15(13)12(17)10-7-9(14)3-4-11(10)16/h3-4,7,16H,5-6,8H2,1-2H3. The molecule has 98 valence electrons. The van der Waals surface area contributed by atoms with Gasteiger partial charge in [0, 0.05) is 11.6 Å². The van der Waals surface area contributed by atoms with E-state index in [-0.39, 0.29) is 22.8 Å². The first-order valence-corrected chi connectivity index (χ1v) is 6.18. The number of carbonyl (C=O) groups is 1. The van der Waals surface area contributed by atoms with Crippen molar-refractivity contribution in [3.05, 3.63) is 28.8 Å². The molecule has 4 nitrogen and oxygen atoms in total. The fourth-order valence-electron chi connectivity index (χ4n) is 2.06. The van der Waals surface area contributed by atoms with E-state index in [2.05, 4.69) is 0 Å². The number of halogens is 1. The molecule has 1 fully saturated rings. The molecule has 2 rings (SSSR count). The van der Waals surface area contributed by atoms with Gasteiger partial charge in [0.15, 0.2) is 0 Å². The summed E-state index contributed by atoms with van der Waals surface area (Å²) in [6, 6.07) is 4.48. The first-order chi connectivity index (χ1) is 8.42. The van der Waals surface area contributed by atoms with Gasteiger partial charge in [-0.2, -0.15) is 0 Å². The number of amides is 1. The molecular weight excluding hydrogens is 254 g/mol. The number of nitrogens with zero attached hydrogens (tertiary/aromatic N) is 1. The average molecular weight is 270 g/mol. The predicted molar refractivity (Wildman–Crippen MR) is 69.1 cm³/mol. The highest BCUT2D eigenvalue weighted by Crippen LogP contribution is 2.27. The van der Waals surface area contributed by atoms with Crippen LogP contribution in [0, 0.1) is 0 Å². The van der Waals surface area contributed by atoms with E-state index in [0.29, 0.717) is 24.8 Å². The van der Waals surface area contributed by atoms with E-state index in [9.17, 15) is 9.90 Å². The molecule has 1 amide bonds. The first kappa shape index (κ1) is 13.2. The van der Waals surface area contributed by atoms with E-state index >= 15 is 0 Å². The van der Waals surface area contributed by atoms with Crippen molar-refractivity contribution < 1.29 is 14.6 Å². The van der Waals surface area contributed by atoms with Gasteiger partial charge in [0.25, 0.3) is 5.91 Å². The summed E-state index contributed by atoms with van der Waals surface area (Å²) in [5.74, 6) is -0.269. The molecule has 1 N–H and O–H groups in total. The number of hydrogen-bond donors (Lipinski definition) is 1. The molecule has 0 spiro atoms. The first-order valence-electron chi connectivity index (χ1n) is 5.80. The summed E-state index contributed by atoms with van der Waals surface area (Å²) in [6.45, 7) is 5.38. The van der Waals surface area contributed by atoms with E-state index in [4.69, 9.17) is 16.3 Å². The second kappa shape index (κ2) is 4.78. The molecule has 1 saturated heterocycles. The number of hydrogen-bond acceptors (Lipinski definition) is 3. The van der Waals surface area contributed by atoms with Crippen LogP contribution in [0.3, 0.4) is 0 Å². The van der Waals surface area contributed by atoms with E-state index in [1.807, 2.05) is 13.8 Å². The normalized spacial score (nSPS) is 18.7. The van der Waals surface area contributed by atoms with Crippen molar-refractivity contribution in [2.24, 2.45) is 0 Å². The predicted octanol–water partition coefficient (Wildman–Crippen LogP) is 2.30. The third kappa shape index (κ3) is 2.44. The van der Waals surface area contributed by atoms with Crippen molar-refractivity contribution in [3.63, 3.8) is 0 Å². The van der Waals surface area contributed by atoms with Gasteiger partial charge in [-0.1, -0.05) is 11.6 Å². The quantitative estimate of drug-likeness (QED) is 0.851. The third-order valence-corrected chi connectivity index (χ3v) is 3.31. The van der Waals surface area contributed by atoms with Crippen molar-refractivity contribution in [2.75, 3.05) is 19.8 Å². The molecule has 1 aliphatic heterocycles. The Morgan fingerprint density at radius 2 is 2.22 bits per heavy atom. The number of phenols is 1. The van der Waals surface area contributed by atoms with Gasteiger partial charge in [0.1, 0.15) is 5.75 Å². The highest BCUT2D eigenvalue weighted by molar-refractivity contribution is 6.31. The van der Waals surface area contributed by atoms with E-state index < -0.39 is 0 Å². The van der Waals surface area contributed by atoms with Crippen LogP contribution < -0.4 is 0 Å². The maximum absolute atomic E-state index is 12.4. The fourth-order valence-corrected chi connectivity index (χ4v) is 2.23. The largest absolute Gasteiger partial charge is 0.507 e. The molecule has 0 unspecified atom stereocenters. The Labute approximate surface area is 111 Å². The minimum Gasteiger partial charge on any atom is -0.507 e. The number of benzene rings is 1. The molecule has 0 aliphatic carbocycles. The van der Waals surface area contributed by atoms with Gasteiger partial charge in [-0.3, -0.25) is 4.79 Å². The smallest absolute Gasteiger partial charge is 0.258 e. The molecule has 5 heteroatoms. The van der Waals surface area contributed by atoms with Gasteiger partial charge < -0.3 is 14.7 Å². The SMILES string of the molecule is CC1(C)COCCN1C(=O)c1cc(Cl)ccc1O. The lowest BCUT2D eigenvalue weighted by Gasteiger charge is -2.42. The molecule has 0 radical (unpaired) electrons. The van der Waals surface area contributed by atoms with Crippen molar-refractivity contribution in [3.8, 4) is 5.75 Å². The minimum absolute atomic E-state index is 0.0494. The topological polar surface area (TPSA) is 49.8 Å². The lowest BCUT2D eigenvalue weighted by atomic mass is 10.0. The van der Waals surface area contributed by atoms with Crippen LogP contribution in [-0.2, 0) is 4.74 Å². The average Bonchev–Trinajstić information content (AvgIpc) is 2.31. The Morgan fingerprint density at radius 3 is 2.89 bits per heavy atom. The van der Waals surface area contributed by atoms with Gasteiger partial charge in [0.05, 0.1) is 24.3 Å². The summed E-state index contributed by atoms with van der Waals surface area (Å²) < 4.78 is 5.37. The van der Waals surface area contributed by atoms with Crippen LogP contribution in [0.15, 0.2) is 18.2 Å². The Hall–Kier alpha value is -1.26. The van der Waals surface area contributed by atoms with Crippen LogP contribution in [0.1, 0.15) is 24.2 Å². The number of aromatic hydroxyl groups is 1. The summed E-state index contributed by atoms with van der Waals surface area (Å²) in [6.07, 6.45) is 0. The van der Waals surface area contributed by atoms with E-state index in [0.717, 1.165) is 0 Å². The molecule has 0 bridgehead atoms. The number of ether oxygens (including phenoxy) is 1. The molecule has 1 aliphatic rings. The summed E-state index contributed by atoms with van der Waals surface area (Å²) in [5, 5.41) is 10.2. The molecule has 1 heterocycles. The number of rotatable bonds is 1. The monoisotopic (exact) mass is 269 g/mol. The van der Waals surface area contributed by atoms with Crippen LogP contribution >= 0.6 is 11.6 Å². The highest BCUT2D eigenvalue weighted by Gasteiger charge is 2.35. The third-order valence-electron chi connectivity index (χ3n) is 3.08. The van der Waals surface area contributed by atoms with Gasteiger partial charge >= 0.3 is 0 Å². The Morgan fingerprint density at radius 1 is 1.50 bits per heavy atom. The highest BCUT2D eigenvalue weighted by atomic mass is 35.5. The van der Waals surface area contributed by atoms with Gasteiger partial charge in [-0.05, 0) is 32.0 Å². The fraction of sp³-hybridized carbons (Fsp3) is 0.462. The Bertz CT molecular complexity index is 473. The van der Waals surface area contributed by atoms with Crippen LogP contribution in [0.5, 0.6) is 5.75 Å². The van der Waals surface area contributed by atoms with Gasteiger partial charge in [-0.25, -0.2) is 0 Å². The number of phenolic OH excluding ortho intramolecular Hbond substituents is 1. The van der Waals surface area contributed by atoms with Crippen LogP contribution in [0.25, 0.3) is 0 Å². The molecule has 0 saturated carbocycles. The maximum atomic E-state index is 12.4. The lowest BCUT2D eigenvalue weighted by Crippen LogP contribution is -2.55. The molecule has 0 aromatic heterocycles. The second-order valence-corrected chi connectivity index (χ2v) is 5.42. The molecule has 18 heavy (non-hydrogen) atoms. The maximum Gasteiger partial charge on any atom is 0.258 e. The number of carbonyl (C=O) groups excluding carboxylic acids is 1. The van der Waals surface area contributed by atoms with E-state index in [1.165, 1.54) is 12.1 Å². The zero-order valence-corrected chi connectivity index (χ0v) is 11.2. The van der Waals surface area contributed by atoms with Gasteiger partial charge in [0.2, 0.25) is 0 Å². The molecule has 0 atom stereocenters. The number of morpholine rings is 1. The van der Waals surface area contributed by atoms with Gasteiger partial charge in [-0.15, -0.1) is 0 Å². The van der Waals surface area contributed by atoms with Crippen molar-refractivity contribution >= 4 is 17.5 Å². The zero-order chi connectivity index (χ0) is 13.3. The van der Waals surface area contributed by atoms with E-state index in [1.54, 1.807) is 11.0 Å². The Kier molecular flexibility index (Phi) is 3.50. The summed E-state index contributed by atoms with van der Waals surface area (Å²) in [5.41, 5.74) is -0.151. The van der Waals surface area contributed by atoms with Crippen molar-refractivity contribution in [2.45, 2.75) is 19.4 Å². The minimum atomic E-state index is -0.385. The molecular formula is C13H16ClNO3. The second-order valence-electron chi connectivity index (χ2n) is 4.98. The van der Waals surface area contributed by atoms with Crippen molar-refractivity contribution in [1.29, 1.82) is 0 Å². The Balaban J connectivity index is 2.33.